The number of benzene rings is 2. The molecule has 242 valence electrons. The predicted molar refractivity (Wildman–Crippen MR) is 176 cm³/mol. The number of pyridine rings is 1. The molecule has 2 aromatic carbocycles. The summed E-state index contributed by atoms with van der Waals surface area (Å²) < 4.78 is 5.84. The van der Waals surface area contributed by atoms with Gasteiger partial charge in [0, 0.05) is 25.4 Å². The van der Waals surface area contributed by atoms with E-state index in [0.29, 0.717) is 30.7 Å². The number of ether oxygens (including phenoxy) is 1. The summed E-state index contributed by atoms with van der Waals surface area (Å²) in [6.45, 7) is 7.40. The van der Waals surface area contributed by atoms with Crippen molar-refractivity contribution in [2.75, 3.05) is 18.6 Å². The van der Waals surface area contributed by atoms with Gasteiger partial charge in [-0.15, -0.1) is 0 Å². The van der Waals surface area contributed by atoms with Crippen LogP contribution >= 0.6 is 0 Å². The molecule has 1 fully saturated rings. The van der Waals surface area contributed by atoms with E-state index in [-0.39, 0.29) is 18.2 Å². The van der Waals surface area contributed by atoms with Crippen LogP contribution in [-0.4, -0.2) is 65.5 Å². The molecule has 0 radical (unpaired) electrons. The van der Waals surface area contributed by atoms with Crippen LogP contribution in [0, 0.1) is 11.3 Å². The number of esters is 1. The lowest BCUT2D eigenvalue weighted by Crippen LogP contribution is -2.63. The van der Waals surface area contributed by atoms with Gasteiger partial charge in [0.25, 0.3) is 17.7 Å². The number of carbonyl (C=O) groups is 4. The molecule has 5 rings (SSSR count). The smallest absolute Gasteiger partial charge is 0.316 e. The predicted octanol–water partition coefficient (Wildman–Crippen LogP) is 3.55. The van der Waals surface area contributed by atoms with Crippen LogP contribution in [0.4, 0.5) is 5.82 Å². The van der Waals surface area contributed by atoms with Crippen molar-refractivity contribution in [2.45, 2.75) is 65.1 Å². The molecule has 0 aliphatic carbocycles. The fourth-order valence-electron chi connectivity index (χ4n) is 5.47. The van der Waals surface area contributed by atoms with Gasteiger partial charge in [0.1, 0.15) is 17.9 Å². The molecular weight excluding hydrogens is 584 g/mol. The minimum atomic E-state index is -1.13. The maximum absolute atomic E-state index is 14.0. The monoisotopic (exact) mass is 626 g/mol. The molecule has 46 heavy (non-hydrogen) atoms. The van der Waals surface area contributed by atoms with E-state index in [1.54, 1.807) is 45.8 Å². The Morgan fingerprint density at radius 1 is 1.00 bits per heavy atom. The van der Waals surface area contributed by atoms with Crippen LogP contribution in [0.3, 0.4) is 0 Å². The molecule has 3 amide bonds. The second-order valence-corrected chi connectivity index (χ2v) is 12.8. The largest absolute Gasteiger partial charge is 0.451 e. The second kappa shape index (κ2) is 13.7. The first-order valence-corrected chi connectivity index (χ1v) is 15.7. The molecule has 11 heteroatoms. The third kappa shape index (κ3) is 7.54. The van der Waals surface area contributed by atoms with Crippen molar-refractivity contribution in [3.63, 3.8) is 0 Å². The fourth-order valence-corrected chi connectivity index (χ4v) is 5.47. The fraction of sp³-hybridized carbons (Fsp3) is 0.400. The first-order chi connectivity index (χ1) is 21.9. The van der Waals surface area contributed by atoms with E-state index in [0.717, 1.165) is 16.5 Å². The quantitative estimate of drug-likeness (QED) is 0.376. The molecule has 1 saturated heterocycles. The highest BCUT2D eigenvalue weighted by atomic mass is 16.5. The summed E-state index contributed by atoms with van der Waals surface area (Å²) in [4.78, 5) is 59.3. The summed E-state index contributed by atoms with van der Waals surface area (Å²) in [6, 6.07) is 17.2. The van der Waals surface area contributed by atoms with Crippen molar-refractivity contribution in [1.29, 1.82) is 0 Å². The average molecular weight is 627 g/mol. The molecule has 11 nitrogen and oxygen atoms in total. The van der Waals surface area contributed by atoms with E-state index >= 15 is 0 Å². The van der Waals surface area contributed by atoms with Crippen LogP contribution < -0.4 is 21.2 Å². The SMILES string of the molecule is CC(C)[C@@H]1OC(=O)C(C)(C)/C=C/c2ccc3ccc(nc3c2)N(C)NC(=O)[C@@H]2CCCN(N2)C(=O)[C@H](Cc2ccccc2)NC1=O. The zero-order chi connectivity index (χ0) is 33.0. The van der Waals surface area contributed by atoms with E-state index in [2.05, 4.69) is 16.2 Å². The molecule has 5 bridgehead atoms. The summed E-state index contributed by atoms with van der Waals surface area (Å²) in [5, 5.41) is 6.75. The Balaban J connectivity index is 1.52. The van der Waals surface area contributed by atoms with E-state index in [4.69, 9.17) is 9.72 Å². The number of hydrogen-bond acceptors (Lipinski definition) is 8. The number of hydrogen-bond donors (Lipinski definition) is 3. The second-order valence-electron chi connectivity index (χ2n) is 12.8. The van der Waals surface area contributed by atoms with Crippen LogP contribution in [0.5, 0.6) is 0 Å². The van der Waals surface area contributed by atoms with Crippen molar-refractivity contribution < 1.29 is 23.9 Å². The van der Waals surface area contributed by atoms with Crippen LogP contribution in [0.2, 0.25) is 0 Å². The van der Waals surface area contributed by atoms with Gasteiger partial charge >= 0.3 is 5.97 Å². The number of amides is 3. The topological polar surface area (TPSA) is 133 Å². The number of anilines is 1. The molecule has 0 spiro atoms. The standard InChI is InChI=1S/C35H42N6O5/c1-22(2)30-32(43)37-28(21-23-10-7-6-8-11-23)33(44)41-19-9-12-26(38-41)31(42)39-40(5)29-16-15-25-14-13-24(20-27(25)36-29)17-18-35(3,4)34(45)46-30/h6-8,10-11,13-18,20,22,26,28,30,38H,9,12,19,21H2,1-5H3,(H,37,43)(H,39,42)/b18-17+/t26-,28-,30-/m0/s1. The minimum Gasteiger partial charge on any atom is -0.451 e. The Morgan fingerprint density at radius 2 is 1.74 bits per heavy atom. The minimum absolute atomic E-state index is 0.211. The van der Waals surface area contributed by atoms with Crippen LogP contribution in [0.1, 0.15) is 51.7 Å². The van der Waals surface area contributed by atoms with Crippen molar-refractivity contribution in [2.24, 2.45) is 11.3 Å². The number of carbonyl (C=O) groups excluding carboxylic acids is 4. The van der Waals surface area contributed by atoms with Crippen LogP contribution in [-0.2, 0) is 30.3 Å². The van der Waals surface area contributed by atoms with Crippen LogP contribution in [0.15, 0.2) is 66.7 Å². The maximum Gasteiger partial charge on any atom is 0.316 e. The van der Waals surface area contributed by atoms with E-state index in [9.17, 15) is 19.2 Å². The molecular formula is C35H42N6O5. The number of fused-ring (bicyclic) bond motifs is 4. The Hall–Kier alpha value is -4.77. The van der Waals surface area contributed by atoms with E-state index in [1.807, 2.05) is 66.7 Å². The molecule has 3 aromatic rings. The molecule has 2 aliphatic heterocycles. The van der Waals surface area contributed by atoms with Gasteiger partial charge in [0.2, 0.25) is 0 Å². The lowest BCUT2D eigenvalue weighted by atomic mass is 9.92. The summed E-state index contributed by atoms with van der Waals surface area (Å²) in [6.07, 6.45) is 3.74. The Kier molecular flexibility index (Phi) is 9.71. The molecule has 0 unspecified atom stereocenters. The molecule has 3 N–H and O–H groups in total. The highest BCUT2D eigenvalue weighted by Gasteiger charge is 2.37. The first-order valence-electron chi connectivity index (χ1n) is 15.7. The van der Waals surface area contributed by atoms with Crippen molar-refractivity contribution >= 4 is 46.5 Å². The molecule has 0 saturated carbocycles. The number of cyclic esters (lactones) is 1. The Bertz CT molecular complexity index is 1640. The van der Waals surface area contributed by atoms with Gasteiger partial charge < -0.3 is 10.1 Å². The number of nitrogens with one attached hydrogen (secondary N) is 3. The highest BCUT2D eigenvalue weighted by Crippen LogP contribution is 2.25. The lowest BCUT2D eigenvalue weighted by molar-refractivity contribution is -0.165. The van der Waals surface area contributed by atoms with E-state index < -0.39 is 41.4 Å². The number of hydrazine groups is 2. The molecule has 2 aliphatic rings. The van der Waals surface area contributed by atoms with Crippen molar-refractivity contribution in [3.8, 4) is 0 Å². The van der Waals surface area contributed by atoms with Crippen molar-refractivity contribution in [3.05, 3.63) is 77.9 Å². The lowest BCUT2D eigenvalue weighted by Gasteiger charge is -2.36. The Morgan fingerprint density at radius 3 is 2.48 bits per heavy atom. The average Bonchev–Trinajstić information content (AvgIpc) is 3.05. The zero-order valence-corrected chi connectivity index (χ0v) is 26.9. The third-order valence-corrected chi connectivity index (χ3v) is 8.31. The van der Waals surface area contributed by atoms with Gasteiger partial charge in [-0.25, -0.2) is 10.4 Å². The van der Waals surface area contributed by atoms with Gasteiger partial charge in [0.15, 0.2) is 6.10 Å². The summed E-state index contributed by atoms with van der Waals surface area (Å²) in [5.74, 6) is -1.67. The first kappa shape index (κ1) is 32.6. The summed E-state index contributed by atoms with van der Waals surface area (Å²) >= 11 is 0. The number of aromatic nitrogens is 1. The zero-order valence-electron chi connectivity index (χ0n) is 26.9. The number of nitrogens with zero attached hydrogens (tertiary/aromatic N) is 3. The van der Waals surface area contributed by atoms with Crippen LogP contribution in [0.25, 0.3) is 17.0 Å². The van der Waals surface area contributed by atoms with Gasteiger partial charge in [0.05, 0.1) is 10.9 Å². The van der Waals surface area contributed by atoms with Gasteiger partial charge in [-0.05, 0) is 61.9 Å². The number of rotatable bonds is 3. The normalized spacial score (nSPS) is 23.6. The van der Waals surface area contributed by atoms with Gasteiger partial charge in [-0.2, -0.15) is 0 Å². The van der Waals surface area contributed by atoms with Gasteiger partial charge in [-0.3, -0.25) is 34.6 Å². The Labute approximate surface area is 269 Å². The third-order valence-electron chi connectivity index (χ3n) is 8.31. The summed E-state index contributed by atoms with van der Waals surface area (Å²) in [5.41, 5.74) is 7.28. The highest BCUT2D eigenvalue weighted by molar-refractivity contribution is 5.92. The van der Waals surface area contributed by atoms with Crippen molar-refractivity contribution in [1.82, 2.24) is 26.2 Å². The summed E-state index contributed by atoms with van der Waals surface area (Å²) in [7, 11) is 1.71. The molecule has 1 aromatic heterocycles. The molecule has 3 atom stereocenters. The van der Waals surface area contributed by atoms with E-state index in [1.165, 1.54) is 5.01 Å². The molecule has 3 heterocycles. The maximum atomic E-state index is 14.0. The van der Waals surface area contributed by atoms with Gasteiger partial charge in [-0.1, -0.05) is 68.5 Å².